The van der Waals surface area contributed by atoms with E-state index in [1.807, 2.05) is 21.9 Å². The number of amides is 4. The number of fused-ring (bicyclic) bond motifs is 2. The normalized spacial score (nSPS) is 25.1. The lowest BCUT2D eigenvalue weighted by atomic mass is 9.92. The topological polar surface area (TPSA) is 142 Å². The van der Waals surface area contributed by atoms with E-state index >= 15 is 4.39 Å². The van der Waals surface area contributed by atoms with Crippen LogP contribution in [0.3, 0.4) is 0 Å². The third-order valence-electron chi connectivity index (χ3n) is 12.6. The first kappa shape index (κ1) is 37.3. The molecule has 1 aliphatic carbocycles. The van der Waals surface area contributed by atoms with E-state index in [2.05, 4.69) is 21.2 Å². The fraction of sp³-hybridized carbons (Fsp3) is 0.476. The van der Waals surface area contributed by atoms with Crippen molar-refractivity contribution in [3.63, 3.8) is 0 Å². The Morgan fingerprint density at radius 3 is 2.40 bits per heavy atom. The first-order chi connectivity index (χ1) is 27.6. The van der Waals surface area contributed by atoms with Crippen LogP contribution in [0.5, 0.6) is 5.75 Å². The molecule has 15 heteroatoms. The maximum absolute atomic E-state index is 15.5. The van der Waals surface area contributed by atoms with Crippen molar-refractivity contribution in [2.24, 2.45) is 5.92 Å². The molecule has 57 heavy (non-hydrogen) atoms. The van der Waals surface area contributed by atoms with Crippen molar-refractivity contribution >= 4 is 46.7 Å². The van der Waals surface area contributed by atoms with Gasteiger partial charge in [-0.25, -0.2) is 9.37 Å². The molecule has 1 saturated carbocycles. The molecule has 3 aromatic rings. The lowest BCUT2D eigenvalue weighted by Crippen LogP contribution is -2.52. The summed E-state index contributed by atoms with van der Waals surface area (Å²) in [6.07, 6.45) is 4.85. The number of hydrogen-bond donors (Lipinski definition) is 1. The molecule has 1 aromatic heterocycles. The second kappa shape index (κ2) is 15.2. The van der Waals surface area contributed by atoms with Crippen molar-refractivity contribution in [2.45, 2.75) is 76.2 Å². The van der Waals surface area contributed by atoms with Crippen LogP contribution in [-0.4, -0.2) is 107 Å². The van der Waals surface area contributed by atoms with E-state index < -0.39 is 17.8 Å². The molecular formula is C42H44ClFN8O5. The third kappa shape index (κ3) is 7.27. The molecular weight excluding hydrogens is 751 g/mol. The Morgan fingerprint density at radius 1 is 0.860 bits per heavy atom. The molecule has 2 aromatic carbocycles. The molecule has 6 heterocycles. The minimum Gasteiger partial charge on any atom is -0.490 e. The van der Waals surface area contributed by atoms with E-state index in [4.69, 9.17) is 26.6 Å². The van der Waals surface area contributed by atoms with Crippen LogP contribution in [-0.2, 0) is 22.7 Å². The number of nitriles is 1. The van der Waals surface area contributed by atoms with Gasteiger partial charge in [-0.3, -0.25) is 29.4 Å². The smallest absolute Gasteiger partial charge is 0.256 e. The summed E-state index contributed by atoms with van der Waals surface area (Å²) in [5.41, 5.74) is 3.42. The van der Waals surface area contributed by atoms with Crippen LogP contribution in [0.25, 0.3) is 0 Å². The van der Waals surface area contributed by atoms with Crippen LogP contribution in [0, 0.1) is 23.1 Å². The molecule has 5 aliphatic heterocycles. The Bertz CT molecular complexity index is 2180. The van der Waals surface area contributed by atoms with Gasteiger partial charge in [-0.2, -0.15) is 5.26 Å². The van der Waals surface area contributed by atoms with Gasteiger partial charge in [0, 0.05) is 76.5 Å². The van der Waals surface area contributed by atoms with E-state index in [9.17, 15) is 19.2 Å². The van der Waals surface area contributed by atoms with Gasteiger partial charge < -0.3 is 24.3 Å². The van der Waals surface area contributed by atoms with Crippen molar-refractivity contribution in [1.82, 2.24) is 25.0 Å². The number of anilines is 2. The first-order valence-electron chi connectivity index (χ1n) is 20.0. The minimum absolute atomic E-state index is 0.0319. The van der Waals surface area contributed by atoms with Crippen molar-refractivity contribution in [1.29, 1.82) is 5.26 Å². The van der Waals surface area contributed by atoms with Crippen LogP contribution in [0.15, 0.2) is 42.5 Å². The fourth-order valence-electron chi connectivity index (χ4n) is 9.54. The molecule has 1 N–H and O–H groups in total. The molecule has 0 radical (unpaired) electrons. The highest BCUT2D eigenvalue weighted by Crippen LogP contribution is 2.36. The Hall–Kier alpha value is -5.26. The second-order valence-electron chi connectivity index (χ2n) is 16.1. The predicted molar refractivity (Wildman–Crippen MR) is 208 cm³/mol. The number of aromatic nitrogens is 1. The zero-order valence-electron chi connectivity index (χ0n) is 31.6. The molecule has 6 aliphatic rings. The highest BCUT2D eigenvalue weighted by Gasteiger charge is 2.41. The van der Waals surface area contributed by atoms with Crippen molar-refractivity contribution in [3.8, 4) is 11.8 Å². The third-order valence-corrected chi connectivity index (χ3v) is 13.0. The molecule has 0 bridgehead atoms. The zero-order chi connectivity index (χ0) is 39.4. The molecule has 4 fully saturated rings. The van der Waals surface area contributed by atoms with Crippen LogP contribution in [0.4, 0.5) is 15.9 Å². The zero-order valence-corrected chi connectivity index (χ0v) is 32.3. The lowest BCUT2D eigenvalue weighted by molar-refractivity contribution is -0.136. The number of rotatable bonds is 8. The van der Waals surface area contributed by atoms with Crippen LogP contribution in [0.1, 0.15) is 82.5 Å². The summed E-state index contributed by atoms with van der Waals surface area (Å²) >= 11 is 6.19. The number of carbonyl (C=O) groups excluding carboxylic acids is 4. The van der Waals surface area contributed by atoms with E-state index in [-0.39, 0.29) is 54.8 Å². The van der Waals surface area contributed by atoms with E-state index in [0.717, 1.165) is 76.3 Å². The average Bonchev–Trinajstić information content (AvgIpc) is 3.90. The van der Waals surface area contributed by atoms with Gasteiger partial charge in [0.05, 0.1) is 40.2 Å². The summed E-state index contributed by atoms with van der Waals surface area (Å²) in [6.45, 7) is 6.37. The van der Waals surface area contributed by atoms with Crippen molar-refractivity contribution in [3.05, 3.63) is 81.3 Å². The number of piperazine rings is 1. The Morgan fingerprint density at radius 2 is 1.65 bits per heavy atom. The summed E-state index contributed by atoms with van der Waals surface area (Å²) in [4.78, 5) is 65.9. The summed E-state index contributed by atoms with van der Waals surface area (Å²) in [5, 5.41) is 11.8. The minimum atomic E-state index is -0.732. The first-order valence-corrected chi connectivity index (χ1v) is 20.4. The number of piperidine rings is 1. The number of benzene rings is 2. The highest BCUT2D eigenvalue weighted by atomic mass is 35.5. The Kier molecular flexibility index (Phi) is 9.98. The number of ether oxygens (including phenoxy) is 1. The van der Waals surface area contributed by atoms with Gasteiger partial charge in [-0.1, -0.05) is 11.6 Å². The van der Waals surface area contributed by atoms with Crippen molar-refractivity contribution in [2.75, 3.05) is 55.6 Å². The van der Waals surface area contributed by atoms with Crippen LogP contribution >= 0.6 is 11.6 Å². The number of imide groups is 1. The average molecular weight is 795 g/mol. The van der Waals surface area contributed by atoms with E-state index in [0.29, 0.717) is 58.7 Å². The van der Waals surface area contributed by atoms with Gasteiger partial charge in [0.15, 0.2) is 0 Å². The molecule has 4 amide bonds. The predicted octanol–water partition coefficient (Wildman–Crippen LogP) is 4.50. The maximum Gasteiger partial charge on any atom is 0.256 e. The van der Waals surface area contributed by atoms with Gasteiger partial charge in [0.1, 0.15) is 29.5 Å². The van der Waals surface area contributed by atoms with Gasteiger partial charge >= 0.3 is 0 Å². The largest absolute Gasteiger partial charge is 0.490 e. The standard InChI is InChI=1S/C42H44ClFN8O5/c43-33-18-30(4-1-26(33)20-45)57-29-5-2-28(3-6-29)51-24-35-31(41(51)55)7-9-38(46-35)50-12-11-25(22-50)21-48-13-15-49(16-14-48)37-17-27-23-52(42(56)32(27)19-34(37)44)36-8-10-39(53)47-40(36)54/h1,4,7,9,17-19,25,28-29,36H,2-3,5-6,8,10-16,21-24H2,(H,47,53,54)/t25-,28?,29?,36?/m0/s1. The summed E-state index contributed by atoms with van der Waals surface area (Å²) in [5.74, 6) is 0.442. The maximum atomic E-state index is 15.5. The highest BCUT2D eigenvalue weighted by molar-refractivity contribution is 6.31. The van der Waals surface area contributed by atoms with Crippen LogP contribution in [0.2, 0.25) is 5.02 Å². The van der Waals surface area contributed by atoms with Gasteiger partial charge in [0.2, 0.25) is 11.8 Å². The van der Waals surface area contributed by atoms with E-state index in [1.54, 1.807) is 24.3 Å². The Labute approximate surface area is 335 Å². The SMILES string of the molecule is N#Cc1ccc(OC2CCC(N3Cc4nc(N5CC[C@@H](CN6CCN(c7cc8c(cc7F)C(=O)N(C7CCC(=O)NC7=O)C8)CC6)C5)ccc4C3=O)CC2)cc1Cl. The molecule has 13 nitrogen and oxygen atoms in total. The molecule has 0 spiro atoms. The summed E-state index contributed by atoms with van der Waals surface area (Å²) in [6, 6.07) is 13.6. The molecule has 3 saturated heterocycles. The van der Waals surface area contributed by atoms with Gasteiger partial charge in [-0.15, -0.1) is 0 Å². The number of carbonyl (C=O) groups is 4. The van der Waals surface area contributed by atoms with Crippen molar-refractivity contribution < 1.29 is 28.3 Å². The summed E-state index contributed by atoms with van der Waals surface area (Å²) < 4.78 is 21.6. The number of halogens is 2. The quantitative estimate of drug-likeness (QED) is 0.324. The van der Waals surface area contributed by atoms with Gasteiger partial charge in [0.25, 0.3) is 11.8 Å². The number of hydrogen-bond acceptors (Lipinski definition) is 10. The molecule has 9 rings (SSSR count). The van der Waals surface area contributed by atoms with Crippen LogP contribution < -0.4 is 19.9 Å². The monoisotopic (exact) mass is 794 g/mol. The lowest BCUT2D eigenvalue weighted by Gasteiger charge is -2.37. The molecule has 296 valence electrons. The fourth-order valence-corrected chi connectivity index (χ4v) is 9.75. The molecule has 2 atom stereocenters. The summed E-state index contributed by atoms with van der Waals surface area (Å²) in [7, 11) is 0. The number of nitrogens with zero attached hydrogens (tertiary/aromatic N) is 7. The van der Waals surface area contributed by atoms with Gasteiger partial charge in [-0.05, 0) is 86.4 Å². The Balaban J connectivity index is 0.749. The second-order valence-corrected chi connectivity index (χ2v) is 16.6. The number of nitrogens with one attached hydrogen (secondary N) is 1. The molecule has 1 unspecified atom stereocenters. The van der Waals surface area contributed by atoms with E-state index in [1.165, 1.54) is 11.0 Å². The number of pyridine rings is 1.